The van der Waals surface area contributed by atoms with Gasteiger partial charge in [-0.15, -0.1) is 0 Å². The lowest BCUT2D eigenvalue weighted by Crippen LogP contribution is -2.72. The largest absolute Gasteiger partial charge is 0.394 e. The second-order valence-corrected chi connectivity index (χ2v) is 3.10. The smallest absolute Gasteiger partial charge is 0.241 e. The van der Waals surface area contributed by atoms with Crippen LogP contribution in [-0.2, 0) is 4.74 Å². The van der Waals surface area contributed by atoms with Gasteiger partial charge in [-0.05, 0) is 0 Å². The quantitative estimate of drug-likeness (QED) is 0.234. The zero-order valence-corrected chi connectivity index (χ0v) is 6.87. The second-order valence-electron chi connectivity index (χ2n) is 3.10. The molecule has 8 N–H and O–H groups in total. The van der Waals surface area contributed by atoms with Gasteiger partial charge in [-0.1, -0.05) is 0 Å². The van der Waals surface area contributed by atoms with E-state index >= 15 is 0 Å². The summed E-state index contributed by atoms with van der Waals surface area (Å²) in [6.45, 7) is -0.565. The first-order valence-corrected chi connectivity index (χ1v) is 3.81. The number of rotatable bonds is 1. The SMILES string of the molecule is N[C@@H]1[C@@H](O)[C@H](O)[C@@H](CO)O[C@]1(N)O. The van der Waals surface area contributed by atoms with Crippen molar-refractivity contribution in [3.63, 3.8) is 0 Å². The van der Waals surface area contributed by atoms with Gasteiger partial charge in [-0.2, -0.15) is 0 Å². The maximum atomic E-state index is 9.28. The molecule has 1 aliphatic heterocycles. The Morgan fingerprint density at radius 1 is 1.31 bits per heavy atom. The van der Waals surface area contributed by atoms with Crippen molar-refractivity contribution in [3.05, 3.63) is 0 Å². The third-order valence-corrected chi connectivity index (χ3v) is 2.10. The van der Waals surface area contributed by atoms with Crippen LogP contribution in [-0.4, -0.2) is 57.3 Å². The highest BCUT2D eigenvalue weighted by molar-refractivity contribution is 4.95. The summed E-state index contributed by atoms with van der Waals surface area (Å²) in [5.74, 6) is -2.23. The van der Waals surface area contributed by atoms with E-state index in [2.05, 4.69) is 4.74 Å². The van der Waals surface area contributed by atoms with Gasteiger partial charge in [-0.3, -0.25) is 5.73 Å². The predicted octanol–water partition coefficient (Wildman–Crippen LogP) is -3.97. The van der Waals surface area contributed by atoms with Crippen molar-refractivity contribution in [2.24, 2.45) is 11.5 Å². The fourth-order valence-corrected chi connectivity index (χ4v) is 1.21. The number of hydrogen-bond donors (Lipinski definition) is 6. The van der Waals surface area contributed by atoms with Crippen LogP contribution in [0.4, 0.5) is 0 Å². The van der Waals surface area contributed by atoms with Crippen LogP contribution in [0.25, 0.3) is 0 Å². The van der Waals surface area contributed by atoms with Gasteiger partial charge in [-0.25, -0.2) is 0 Å². The van der Waals surface area contributed by atoms with Crippen LogP contribution >= 0.6 is 0 Å². The summed E-state index contributed by atoms with van der Waals surface area (Å²) in [5, 5.41) is 36.5. The molecule has 5 atom stereocenters. The van der Waals surface area contributed by atoms with Crippen LogP contribution in [0, 0.1) is 0 Å². The highest BCUT2D eigenvalue weighted by Crippen LogP contribution is 2.22. The van der Waals surface area contributed by atoms with Gasteiger partial charge in [0.25, 0.3) is 0 Å². The summed E-state index contributed by atoms with van der Waals surface area (Å²) in [4.78, 5) is 0. The summed E-state index contributed by atoms with van der Waals surface area (Å²) >= 11 is 0. The van der Waals surface area contributed by atoms with Gasteiger partial charge in [0, 0.05) is 0 Å². The molecule has 1 aliphatic rings. The number of aliphatic hydroxyl groups is 4. The van der Waals surface area contributed by atoms with E-state index in [1.807, 2.05) is 0 Å². The van der Waals surface area contributed by atoms with E-state index in [0.29, 0.717) is 0 Å². The van der Waals surface area contributed by atoms with Crippen molar-refractivity contribution in [1.29, 1.82) is 0 Å². The van der Waals surface area contributed by atoms with E-state index in [-0.39, 0.29) is 0 Å². The fourth-order valence-electron chi connectivity index (χ4n) is 1.21. The number of hydrogen-bond acceptors (Lipinski definition) is 7. The maximum absolute atomic E-state index is 9.28. The molecule has 0 unspecified atom stereocenters. The molecule has 0 spiro atoms. The highest BCUT2D eigenvalue weighted by Gasteiger charge is 2.49. The molecule has 0 radical (unpaired) electrons. The Labute approximate surface area is 74.5 Å². The number of ether oxygens (including phenoxy) is 1. The molecule has 0 aromatic carbocycles. The standard InChI is InChI=1S/C6H14N2O5/c7-5-4(11)3(10)2(1-9)13-6(5,8)12/h2-5,9-12H,1,7-8H2/t2-,3-,4+,5-,6-/m1/s1. The normalized spacial score (nSPS) is 52.2. The molecule has 0 aromatic heterocycles. The lowest BCUT2D eigenvalue weighted by atomic mass is 9.95. The van der Waals surface area contributed by atoms with E-state index < -0.39 is 36.9 Å². The molecule has 13 heavy (non-hydrogen) atoms. The fraction of sp³-hybridized carbons (Fsp3) is 1.00. The predicted molar refractivity (Wildman–Crippen MR) is 41.1 cm³/mol. The summed E-state index contributed by atoms with van der Waals surface area (Å²) in [7, 11) is 0. The third-order valence-electron chi connectivity index (χ3n) is 2.10. The van der Waals surface area contributed by atoms with Gasteiger partial charge in [0.2, 0.25) is 5.91 Å². The van der Waals surface area contributed by atoms with E-state index in [1.54, 1.807) is 0 Å². The minimum absolute atomic E-state index is 0.565. The van der Waals surface area contributed by atoms with E-state index in [4.69, 9.17) is 16.6 Å². The van der Waals surface area contributed by atoms with Crippen molar-refractivity contribution in [1.82, 2.24) is 0 Å². The number of nitrogens with two attached hydrogens (primary N) is 2. The van der Waals surface area contributed by atoms with Gasteiger partial charge < -0.3 is 30.9 Å². The molecule has 78 valence electrons. The van der Waals surface area contributed by atoms with E-state index in [9.17, 15) is 15.3 Å². The van der Waals surface area contributed by atoms with Crippen LogP contribution in [0.1, 0.15) is 0 Å². The Kier molecular flexibility index (Phi) is 2.88. The Morgan fingerprint density at radius 2 is 1.85 bits per heavy atom. The molecular weight excluding hydrogens is 180 g/mol. The molecule has 0 amide bonds. The second kappa shape index (κ2) is 3.46. The monoisotopic (exact) mass is 194 g/mol. The van der Waals surface area contributed by atoms with Crippen LogP contribution in [0.3, 0.4) is 0 Å². The van der Waals surface area contributed by atoms with Crippen molar-refractivity contribution in [3.8, 4) is 0 Å². The molecule has 1 fully saturated rings. The van der Waals surface area contributed by atoms with Crippen LogP contribution in [0.5, 0.6) is 0 Å². The molecule has 1 heterocycles. The molecule has 7 nitrogen and oxygen atoms in total. The summed E-state index contributed by atoms with van der Waals surface area (Å²) in [5.41, 5.74) is 10.4. The molecule has 1 rings (SSSR count). The third kappa shape index (κ3) is 1.81. The Balaban J connectivity index is 2.79. The highest BCUT2D eigenvalue weighted by atomic mass is 16.7. The molecule has 1 saturated heterocycles. The van der Waals surface area contributed by atoms with Gasteiger partial charge in [0.1, 0.15) is 24.4 Å². The molecular formula is C6H14N2O5. The average Bonchev–Trinajstić information content (AvgIpc) is 2.08. The summed E-state index contributed by atoms with van der Waals surface area (Å²) < 4.78 is 4.67. The van der Waals surface area contributed by atoms with Gasteiger partial charge in [0.15, 0.2) is 0 Å². The zero-order valence-electron chi connectivity index (χ0n) is 6.87. The van der Waals surface area contributed by atoms with Crippen molar-refractivity contribution in [2.75, 3.05) is 6.61 Å². The molecule has 0 bridgehead atoms. The molecule has 7 heteroatoms. The Bertz CT molecular complexity index is 186. The van der Waals surface area contributed by atoms with E-state index in [1.165, 1.54) is 0 Å². The average molecular weight is 194 g/mol. The summed E-state index contributed by atoms with van der Waals surface area (Å²) in [6.07, 6.45) is -3.92. The van der Waals surface area contributed by atoms with Gasteiger partial charge in [0.05, 0.1) is 6.61 Å². The first-order valence-electron chi connectivity index (χ1n) is 3.81. The Morgan fingerprint density at radius 3 is 2.31 bits per heavy atom. The topological polar surface area (TPSA) is 142 Å². The zero-order chi connectivity index (χ0) is 10.2. The van der Waals surface area contributed by atoms with Crippen molar-refractivity contribution >= 4 is 0 Å². The Hall–Kier alpha value is -0.280. The molecule has 0 saturated carbocycles. The first kappa shape index (κ1) is 10.8. The minimum Gasteiger partial charge on any atom is -0.394 e. The summed E-state index contributed by atoms with van der Waals surface area (Å²) in [6, 6.07) is -1.31. The maximum Gasteiger partial charge on any atom is 0.241 e. The molecule has 0 aromatic rings. The van der Waals surface area contributed by atoms with Crippen LogP contribution in [0.15, 0.2) is 0 Å². The molecule has 0 aliphatic carbocycles. The minimum atomic E-state index is -2.23. The lowest BCUT2D eigenvalue weighted by molar-refractivity contribution is -0.311. The lowest BCUT2D eigenvalue weighted by Gasteiger charge is -2.43. The van der Waals surface area contributed by atoms with Crippen molar-refractivity contribution in [2.45, 2.75) is 30.3 Å². The number of aliphatic hydroxyl groups excluding tert-OH is 3. The van der Waals surface area contributed by atoms with Crippen molar-refractivity contribution < 1.29 is 25.2 Å². The first-order chi connectivity index (χ1) is 5.90. The van der Waals surface area contributed by atoms with E-state index in [0.717, 1.165) is 0 Å². The van der Waals surface area contributed by atoms with Gasteiger partial charge >= 0.3 is 0 Å². The van der Waals surface area contributed by atoms with Crippen LogP contribution in [0.2, 0.25) is 0 Å². The van der Waals surface area contributed by atoms with Crippen LogP contribution < -0.4 is 11.5 Å².